The summed E-state index contributed by atoms with van der Waals surface area (Å²) in [6, 6.07) is 9.66. The molecule has 2 atom stereocenters. The van der Waals surface area contributed by atoms with Crippen LogP contribution in [0.25, 0.3) is 0 Å². The van der Waals surface area contributed by atoms with Crippen LogP contribution in [0.2, 0.25) is 0 Å². The van der Waals surface area contributed by atoms with Crippen molar-refractivity contribution in [3.8, 4) is 0 Å². The molecule has 0 aromatic heterocycles. The van der Waals surface area contributed by atoms with Gasteiger partial charge in [-0.25, -0.2) is 0 Å². The second kappa shape index (κ2) is 7.21. The van der Waals surface area contributed by atoms with Crippen molar-refractivity contribution in [1.29, 1.82) is 0 Å². The summed E-state index contributed by atoms with van der Waals surface area (Å²) in [7, 11) is 2.11. The third-order valence-corrected chi connectivity index (χ3v) is 5.67. The average molecular weight is 331 g/mol. The molecule has 0 radical (unpaired) electrons. The zero-order valence-corrected chi connectivity index (χ0v) is 14.7. The molecule has 1 aliphatic heterocycles. The Hall–Kier alpha value is -1.43. The second-order valence-electron chi connectivity index (χ2n) is 7.41. The van der Waals surface area contributed by atoms with Crippen LogP contribution in [0.1, 0.15) is 31.4 Å². The van der Waals surface area contributed by atoms with Crippen LogP contribution in [-0.2, 0) is 4.79 Å². The van der Waals surface area contributed by atoms with Gasteiger partial charge in [0.2, 0.25) is 5.91 Å². The molecule has 0 unspecified atom stereocenters. The summed E-state index contributed by atoms with van der Waals surface area (Å²) in [6.45, 7) is 6.42. The minimum absolute atomic E-state index is 0.0751. The van der Waals surface area contributed by atoms with Crippen LogP contribution < -0.4 is 5.32 Å². The van der Waals surface area contributed by atoms with E-state index in [1.807, 2.05) is 37.3 Å². The fourth-order valence-electron chi connectivity index (χ4n) is 3.48. The molecule has 1 saturated carbocycles. The molecule has 3 rings (SSSR count). The molecule has 24 heavy (non-hydrogen) atoms. The number of hydrogen-bond donors (Lipinski definition) is 2. The lowest BCUT2D eigenvalue weighted by molar-refractivity contribution is -0.127. The molecule has 5 nitrogen and oxygen atoms in total. The highest BCUT2D eigenvalue weighted by molar-refractivity contribution is 5.81. The lowest BCUT2D eigenvalue weighted by Crippen LogP contribution is -2.53. The van der Waals surface area contributed by atoms with Crippen molar-refractivity contribution >= 4 is 5.91 Å². The Kier molecular flexibility index (Phi) is 5.23. The van der Waals surface area contributed by atoms with Gasteiger partial charge in [0.15, 0.2) is 0 Å². The summed E-state index contributed by atoms with van der Waals surface area (Å²) >= 11 is 0. The lowest BCUT2D eigenvalue weighted by atomic mass is 9.92. The Morgan fingerprint density at radius 1 is 1.21 bits per heavy atom. The van der Waals surface area contributed by atoms with Gasteiger partial charge in [0, 0.05) is 38.1 Å². The SMILES string of the molecule is C[C@H](C(=O)NCC1([C@H](O)c2ccccc2)CC1)N1CCN(C)CC1. The van der Waals surface area contributed by atoms with Crippen molar-refractivity contribution in [2.45, 2.75) is 31.9 Å². The molecule has 0 spiro atoms. The van der Waals surface area contributed by atoms with Gasteiger partial charge in [0.05, 0.1) is 12.1 Å². The number of piperazine rings is 1. The van der Waals surface area contributed by atoms with Gasteiger partial charge >= 0.3 is 0 Å². The average Bonchev–Trinajstić information content (AvgIpc) is 3.41. The lowest BCUT2D eigenvalue weighted by Gasteiger charge is -2.36. The standard InChI is InChI=1S/C19H29N3O2/c1-15(22-12-10-21(2)11-13-22)18(24)20-14-19(8-9-19)17(23)16-6-4-3-5-7-16/h3-7,15,17,23H,8-14H2,1-2H3,(H,20,24)/t15-,17-/m1/s1. The van der Waals surface area contributed by atoms with Crippen LogP contribution >= 0.6 is 0 Å². The van der Waals surface area contributed by atoms with Crippen molar-refractivity contribution in [2.24, 2.45) is 5.41 Å². The van der Waals surface area contributed by atoms with Gasteiger partial charge in [-0.3, -0.25) is 9.69 Å². The smallest absolute Gasteiger partial charge is 0.237 e. The Labute approximate surface area is 144 Å². The zero-order valence-electron chi connectivity index (χ0n) is 14.7. The van der Waals surface area contributed by atoms with E-state index >= 15 is 0 Å². The quantitative estimate of drug-likeness (QED) is 0.824. The van der Waals surface area contributed by atoms with Crippen LogP contribution in [0.5, 0.6) is 0 Å². The highest BCUT2D eigenvalue weighted by atomic mass is 16.3. The van der Waals surface area contributed by atoms with Crippen molar-refractivity contribution in [3.63, 3.8) is 0 Å². The maximum atomic E-state index is 12.5. The van der Waals surface area contributed by atoms with Gasteiger partial charge in [-0.15, -0.1) is 0 Å². The maximum Gasteiger partial charge on any atom is 0.237 e. The van der Waals surface area contributed by atoms with Gasteiger partial charge in [-0.05, 0) is 32.4 Å². The molecule has 132 valence electrons. The fraction of sp³-hybridized carbons (Fsp3) is 0.632. The van der Waals surface area contributed by atoms with E-state index in [9.17, 15) is 9.90 Å². The number of nitrogens with one attached hydrogen (secondary N) is 1. The van der Waals surface area contributed by atoms with Gasteiger partial charge in [-0.1, -0.05) is 30.3 Å². The second-order valence-corrected chi connectivity index (χ2v) is 7.41. The van der Waals surface area contributed by atoms with E-state index in [2.05, 4.69) is 22.2 Å². The first-order valence-corrected chi connectivity index (χ1v) is 8.95. The van der Waals surface area contributed by atoms with Crippen LogP contribution in [0.3, 0.4) is 0 Å². The first-order valence-electron chi connectivity index (χ1n) is 8.95. The van der Waals surface area contributed by atoms with E-state index in [0.717, 1.165) is 44.6 Å². The monoisotopic (exact) mass is 331 g/mol. The Morgan fingerprint density at radius 3 is 2.42 bits per heavy atom. The van der Waals surface area contributed by atoms with E-state index in [1.54, 1.807) is 0 Å². The number of nitrogens with zero attached hydrogens (tertiary/aromatic N) is 2. The largest absolute Gasteiger partial charge is 0.388 e. The summed E-state index contributed by atoms with van der Waals surface area (Å²) in [4.78, 5) is 17.0. The molecule has 1 heterocycles. The number of hydrogen-bond acceptors (Lipinski definition) is 4. The number of carbonyl (C=O) groups excluding carboxylic acids is 1. The molecule has 2 fully saturated rings. The van der Waals surface area contributed by atoms with Crippen molar-refractivity contribution in [1.82, 2.24) is 15.1 Å². The van der Waals surface area contributed by atoms with Crippen LogP contribution in [0, 0.1) is 5.41 Å². The number of benzene rings is 1. The predicted octanol–water partition coefficient (Wildman–Crippen LogP) is 1.25. The van der Waals surface area contributed by atoms with Crippen LogP contribution in [0.4, 0.5) is 0 Å². The van der Waals surface area contributed by atoms with E-state index in [4.69, 9.17) is 0 Å². The zero-order chi connectivity index (χ0) is 17.2. The minimum atomic E-state index is -0.502. The summed E-state index contributed by atoms with van der Waals surface area (Å²) in [5, 5.41) is 13.8. The number of likely N-dealkylation sites (N-methyl/N-ethyl adjacent to an activating group) is 1. The van der Waals surface area contributed by atoms with Crippen LogP contribution in [-0.4, -0.2) is 66.6 Å². The maximum absolute atomic E-state index is 12.5. The number of amides is 1. The summed E-state index contributed by atoms with van der Waals surface area (Å²) in [6.07, 6.45) is 1.43. The fourth-order valence-corrected chi connectivity index (χ4v) is 3.48. The van der Waals surface area contributed by atoms with Crippen molar-refractivity contribution < 1.29 is 9.90 Å². The molecule has 2 N–H and O–H groups in total. The van der Waals surface area contributed by atoms with Crippen molar-refractivity contribution in [3.05, 3.63) is 35.9 Å². The minimum Gasteiger partial charge on any atom is -0.388 e. The Bertz CT molecular complexity index is 551. The van der Waals surface area contributed by atoms with E-state index in [1.165, 1.54) is 0 Å². The number of carbonyl (C=O) groups is 1. The van der Waals surface area contributed by atoms with E-state index in [-0.39, 0.29) is 17.4 Å². The third kappa shape index (κ3) is 3.79. The highest BCUT2D eigenvalue weighted by Gasteiger charge is 2.49. The van der Waals surface area contributed by atoms with Gasteiger partial charge < -0.3 is 15.3 Å². The number of aliphatic hydroxyl groups is 1. The first-order chi connectivity index (χ1) is 11.5. The number of aliphatic hydroxyl groups excluding tert-OH is 1. The van der Waals surface area contributed by atoms with Gasteiger partial charge in [0.1, 0.15) is 0 Å². The highest BCUT2D eigenvalue weighted by Crippen LogP contribution is 2.54. The van der Waals surface area contributed by atoms with Gasteiger partial charge in [0.25, 0.3) is 0 Å². The predicted molar refractivity (Wildman–Crippen MR) is 94.6 cm³/mol. The topological polar surface area (TPSA) is 55.8 Å². The molecule has 1 amide bonds. The van der Waals surface area contributed by atoms with Gasteiger partial charge in [-0.2, -0.15) is 0 Å². The molecule has 1 saturated heterocycles. The molecule has 5 heteroatoms. The molecule has 1 aliphatic carbocycles. The normalized spacial score (nSPS) is 23.5. The summed E-state index contributed by atoms with van der Waals surface area (Å²) < 4.78 is 0. The molecule has 1 aromatic rings. The van der Waals surface area contributed by atoms with E-state index < -0.39 is 6.10 Å². The molecular formula is C19H29N3O2. The Morgan fingerprint density at radius 2 is 1.83 bits per heavy atom. The van der Waals surface area contributed by atoms with Crippen LogP contribution in [0.15, 0.2) is 30.3 Å². The first kappa shape index (κ1) is 17.4. The number of rotatable bonds is 6. The third-order valence-electron chi connectivity index (χ3n) is 5.67. The molecular weight excluding hydrogens is 302 g/mol. The summed E-state index contributed by atoms with van der Waals surface area (Å²) in [5.41, 5.74) is 0.759. The molecule has 1 aromatic carbocycles. The summed E-state index contributed by atoms with van der Waals surface area (Å²) in [5.74, 6) is 0.0751. The Balaban J connectivity index is 1.52. The molecule has 2 aliphatic rings. The van der Waals surface area contributed by atoms with E-state index in [0.29, 0.717) is 6.54 Å². The van der Waals surface area contributed by atoms with Crippen molar-refractivity contribution in [2.75, 3.05) is 39.8 Å². The molecule has 0 bridgehead atoms.